The fraction of sp³-hybridized carbons (Fsp3) is 0.333. The third-order valence-electron chi connectivity index (χ3n) is 2.54. The van der Waals surface area contributed by atoms with Crippen molar-refractivity contribution in [2.75, 3.05) is 18.5 Å². The molecule has 0 aromatic heterocycles. The van der Waals surface area contributed by atoms with Gasteiger partial charge in [-0.15, -0.1) is 0 Å². The molecule has 2 rings (SSSR count). The predicted octanol–water partition coefficient (Wildman–Crippen LogP) is 1.54. The number of benzene rings is 1. The van der Waals surface area contributed by atoms with E-state index in [0.717, 1.165) is 11.4 Å². The molecule has 0 saturated heterocycles. The number of anilines is 1. The number of nitrogens with one attached hydrogen (secondary N) is 1. The Morgan fingerprint density at radius 2 is 2.18 bits per heavy atom. The van der Waals surface area contributed by atoms with Crippen molar-refractivity contribution in [2.24, 2.45) is 0 Å². The Morgan fingerprint density at radius 1 is 1.35 bits per heavy atom. The third-order valence-corrected chi connectivity index (χ3v) is 2.54. The minimum Gasteiger partial charge on any atom is -0.490 e. The minimum atomic E-state index is -0.960. The van der Waals surface area contributed by atoms with Crippen LogP contribution in [0.15, 0.2) is 18.2 Å². The molecule has 17 heavy (non-hydrogen) atoms. The molecule has 0 fully saturated rings. The van der Waals surface area contributed by atoms with Crippen molar-refractivity contribution in [1.29, 1.82) is 0 Å². The van der Waals surface area contributed by atoms with Gasteiger partial charge >= 0.3 is 5.97 Å². The summed E-state index contributed by atoms with van der Waals surface area (Å²) in [6, 6.07) is 5.10. The average Bonchev–Trinajstić information content (AvgIpc) is 2.35. The Balaban J connectivity index is 2.11. The number of hydrogen-bond acceptors (Lipinski definition) is 4. The minimum absolute atomic E-state index is 0.0228. The maximum Gasteiger partial charge on any atom is 0.303 e. The summed E-state index contributed by atoms with van der Waals surface area (Å²) >= 11 is 0. The zero-order chi connectivity index (χ0) is 12.3. The molecule has 1 aliphatic rings. The molecule has 1 aromatic carbocycles. The molecule has 0 saturated carbocycles. The van der Waals surface area contributed by atoms with Crippen LogP contribution in [-0.4, -0.2) is 30.0 Å². The summed E-state index contributed by atoms with van der Waals surface area (Å²) in [4.78, 5) is 22.1. The van der Waals surface area contributed by atoms with Crippen molar-refractivity contribution in [3.05, 3.63) is 23.8 Å². The number of rotatable bonds is 4. The predicted molar refractivity (Wildman–Crippen MR) is 61.6 cm³/mol. The second-order valence-corrected chi connectivity index (χ2v) is 3.80. The number of ketones is 1. The van der Waals surface area contributed by atoms with Crippen LogP contribution >= 0.6 is 0 Å². The molecule has 1 aliphatic heterocycles. The number of aliphatic carboxylic acids is 1. The number of Topliss-reactive ketones (excluding diaryl/α,β-unsaturated/α-hetero) is 1. The summed E-state index contributed by atoms with van der Waals surface area (Å²) < 4.78 is 5.39. The highest BCUT2D eigenvalue weighted by molar-refractivity contribution is 5.98. The molecule has 1 heterocycles. The van der Waals surface area contributed by atoms with Gasteiger partial charge in [0.25, 0.3) is 0 Å². The van der Waals surface area contributed by atoms with Gasteiger partial charge in [-0.25, -0.2) is 0 Å². The fourth-order valence-electron chi connectivity index (χ4n) is 1.68. The van der Waals surface area contributed by atoms with Crippen LogP contribution in [0.1, 0.15) is 23.2 Å². The van der Waals surface area contributed by atoms with E-state index in [0.29, 0.717) is 18.7 Å². The lowest BCUT2D eigenvalue weighted by Gasteiger charge is -2.19. The van der Waals surface area contributed by atoms with Gasteiger partial charge in [0, 0.05) is 18.5 Å². The van der Waals surface area contributed by atoms with E-state index in [9.17, 15) is 9.59 Å². The first kappa shape index (κ1) is 11.4. The van der Waals surface area contributed by atoms with E-state index in [1.807, 2.05) is 0 Å². The molecule has 90 valence electrons. The summed E-state index contributed by atoms with van der Waals surface area (Å²) in [7, 11) is 0. The number of carboxylic acids is 1. The van der Waals surface area contributed by atoms with Crippen LogP contribution in [0.2, 0.25) is 0 Å². The summed E-state index contributed by atoms with van der Waals surface area (Å²) in [6.07, 6.45) is -0.116. The molecule has 0 spiro atoms. The second kappa shape index (κ2) is 4.86. The molecule has 0 unspecified atom stereocenters. The van der Waals surface area contributed by atoms with Crippen molar-refractivity contribution in [2.45, 2.75) is 12.8 Å². The number of hydrogen-bond donors (Lipinski definition) is 2. The molecule has 0 atom stereocenters. The second-order valence-electron chi connectivity index (χ2n) is 3.80. The molecule has 5 nitrogen and oxygen atoms in total. The zero-order valence-electron chi connectivity index (χ0n) is 9.23. The quantitative estimate of drug-likeness (QED) is 0.774. The van der Waals surface area contributed by atoms with Crippen molar-refractivity contribution in [1.82, 2.24) is 0 Å². The first-order chi connectivity index (χ1) is 8.16. The topological polar surface area (TPSA) is 75.6 Å². The Labute approximate surface area is 98.4 Å². The van der Waals surface area contributed by atoms with Crippen molar-refractivity contribution >= 4 is 17.4 Å². The average molecular weight is 235 g/mol. The lowest BCUT2D eigenvalue weighted by atomic mass is 10.1. The summed E-state index contributed by atoms with van der Waals surface area (Å²) in [5, 5.41) is 11.6. The van der Waals surface area contributed by atoms with E-state index in [-0.39, 0.29) is 18.6 Å². The molecule has 0 amide bonds. The Bertz CT molecular complexity index is 456. The molecule has 0 bridgehead atoms. The Morgan fingerprint density at radius 3 is 2.94 bits per heavy atom. The monoisotopic (exact) mass is 235 g/mol. The van der Waals surface area contributed by atoms with E-state index in [2.05, 4.69) is 5.32 Å². The van der Waals surface area contributed by atoms with Crippen LogP contribution in [-0.2, 0) is 4.79 Å². The molecule has 1 aromatic rings. The fourth-order valence-corrected chi connectivity index (χ4v) is 1.68. The smallest absolute Gasteiger partial charge is 0.303 e. The normalized spacial score (nSPS) is 13.2. The maximum atomic E-state index is 11.7. The van der Waals surface area contributed by atoms with Crippen LogP contribution in [0.25, 0.3) is 0 Å². The van der Waals surface area contributed by atoms with Crippen molar-refractivity contribution in [3.8, 4) is 5.75 Å². The van der Waals surface area contributed by atoms with Crippen molar-refractivity contribution < 1.29 is 19.4 Å². The van der Waals surface area contributed by atoms with Crippen LogP contribution in [0.4, 0.5) is 5.69 Å². The van der Waals surface area contributed by atoms with Crippen LogP contribution < -0.4 is 10.1 Å². The lowest BCUT2D eigenvalue weighted by Crippen LogP contribution is -2.18. The van der Waals surface area contributed by atoms with Crippen LogP contribution in [0, 0.1) is 0 Å². The highest BCUT2D eigenvalue weighted by atomic mass is 16.5. The Hall–Kier alpha value is -2.04. The first-order valence-electron chi connectivity index (χ1n) is 5.42. The van der Waals surface area contributed by atoms with Crippen molar-refractivity contribution in [3.63, 3.8) is 0 Å². The van der Waals surface area contributed by atoms with Crippen LogP contribution in [0.5, 0.6) is 5.75 Å². The summed E-state index contributed by atoms with van der Waals surface area (Å²) in [6.45, 7) is 1.32. The van der Waals surface area contributed by atoms with E-state index in [1.165, 1.54) is 0 Å². The number of ether oxygens (including phenoxy) is 1. The maximum absolute atomic E-state index is 11.7. The standard InChI is InChI=1S/C12H13NO4/c14-10(2-4-12(15)16)8-1-3-11-9(7-8)13-5-6-17-11/h1,3,7,13H,2,4-6H2,(H,15,16). The highest BCUT2D eigenvalue weighted by Crippen LogP contribution is 2.28. The summed E-state index contributed by atoms with van der Waals surface area (Å²) in [5.41, 5.74) is 1.31. The molecule has 5 heteroatoms. The van der Waals surface area contributed by atoms with E-state index < -0.39 is 5.97 Å². The number of carbonyl (C=O) groups excluding carboxylic acids is 1. The van der Waals surface area contributed by atoms with E-state index >= 15 is 0 Å². The Kier molecular flexibility index (Phi) is 3.27. The molecular formula is C12H13NO4. The first-order valence-corrected chi connectivity index (χ1v) is 5.42. The van der Waals surface area contributed by atoms with Gasteiger partial charge in [0.2, 0.25) is 0 Å². The number of carbonyl (C=O) groups is 2. The highest BCUT2D eigenvalue weighted by Gasteiger charge is 2.14. The van der Waals surface area contributed by atoms with E-state index in [1.54, 1.807) is 18.2 Å². The van der Waals surface area contributed by atoms with E-state index in [4.69, 9.17) is 9.84 Å². The largest absolute Gasteiger partial charge is 0.490 e. The van der Waals surface area contributed by atoms with Gasteiger partial charge in [-0.05, 0) is 18.2 Å². The van der Waals surface area contributed by atoms with Gasteiger partial charge in [0.05, 0.1) is 12.1 Å². The van der Waals surface area contributed by atoms with Gasteiger partial charge in [-0.3, -0.25) is 9.59 Å². The third kappa shape index (κ3) is 2.75. The van der Waals surface area contributed by atoms with Gasteiger partial charge in [-0.2, -0.15) is 0 Å². The van der Waals surface area contributed by atoms with Gasteiger partial charge in [0.15, 0.2) is 5.78 Å². The number of fused-ring (bicyclic) bond motifs is 1. The lowest BCUT2D eigenvalue weighted by molar-refractivity contribution is -0.136. The van der Waals surface area contributed by atoms with Crippen LogP contribution in [0.3, 0.4) is 0 Å². The molecule has 2 N–H and O–H groups in total. The molecule has 0 radical (unpaired) electrons. The van der Waals surface area contributed by atoms with Gasteiger partial charge in [0.1, 0.15) is 12.4 Å². The molecule has 0 aliphatic carbocycles. The SMILES string of the molecule is O=C(O)CCC(=O)c1ccc2c(c1)NCCO2. The van der Waals surface area contributed by atoms with Gasteiger partial charge < -0.3 is 15.2 Å². The number of carboxylic acid groups (broad SMARTS) is 1. The molecular weight excluding hydrogens is 222 g/mol. The van der Waals surface area contributed by atoms with Gasteiger partial charge in [-0.1, -0.05) is 0 Å². The zero-order valence-corrected chi connectivity index (χ0v) is 9.23. The summed E-state index contributed by atoms with van der Waals surface area (Å²) in [5.74, 6) is -0.397.